The first-order valence-corrected chi connectivity index (χ1v) is 7.40. The van der Waals surface area contributed by atoms with Crippen LogP contribution in [0.3, 0.4) is 0 Å². The number of para-hydroxylation sites is 1. The van der Waals surface area contributed by atoms with Crippen LogP contribution in [0.5, 0.6) is 0 Å². The Morgan fingerprint density at radius 2 is 1.95 bits per heavy atom. The van der Waals surface area contributed by atoms with Crippen LogP contribution in [-0.2, 0) is 9.59 Å². The predicted molar refractivity (Wildman–Crippen MR) is 86.1 cm³/mol. The maximum Gasteiger partial charge on any atom is 0.239 e. The standard InChI is InChI=1S/C17H23N3O2/c1-5-6-11-20(4)16(22)17(2,3)15(21)19-14-10-8-7-9-13(14)12-18/h7-10H,5-6,11H2,1-4H3,(H,19,21). The molecule has 22 heavy (non-hydrogen) atoms. The van der Waals surface area contributed by atoms with Crippen LogP contribution in [0.25, 0.3) is 0 Å². The van der Waals surface area contributed by atoms with Crippen molar-refractivity contribution in [1.29, 1.82) is 5.26 Å². The topological polar surface area (TPSA) is 73.2 Å². The molecule has 0 heterocycles. The summed E-state index contributed by atoms with van der Waals surface area (Å²) in [6.45, 7) is 5.88. The van der Waals surface area contributed by atoms with Crippen LogP contribution >= 0.6 is 0 Å². The Bertz CT molecular complexity index is 588. The van der Waals surface area contributed by atoms with E-state index in [9.17, 15) is 9.59 Å². The zero-order valence-corrected chi connectivity index (χ0v) is 13.6. The molecule has 1 aromatic carbocycles. The molecule has 0 spiro atoms. The van der Waals surface area contributed by atoms with E-state index in [-0.39, 0.29) is 5.91 Å². The average Bonchev–Trinajstić information content (AvgIpc) is 2.52. The molecular weight excluding hydrogens is 278 g/mol. The van der Waals surface area contributed by atoms with Gasteiger partial charge in [-0.15, -0.1) is 0 Å². The lowest BCUT2D eigenvalue weighted by molar-refractivity contribution is -0.145. The maximum absolute atomic E-state index is 12.5. The van der Waals surface area contributed by atoms with E-state index < -0.39 is 11.3 Å². The van der Waals surface area contributed by atoms with E-state index in [0.29, 0.717) is 17.8 Å². The first kappa shape index (κ1) is 17.7. The van der Waals surface area contributed by atoms with Gasteiger partial charge in [0, 0.05) is 13.6 Å². The quantitative estimate of drug-likeness (QED) is 0.821. The van der Waals surface area contributed by atoms with Crippen LogP contribution in [0.2, 0.25) is 0 Å². The van der Waals surface area contributed by atoms with Crippen molar-refractivity contribution in [2.75, 3.05) is 18.9 Å². The third-order valence-corrected chi connectivity index (χ3v) is 3.59. The molecule has 0 saturated heterocycles. The molecule has 0 fully saturated rings. The van der Waals surface area contributed by atoms with Crippen LogP contribution in [-0.4, -0.2) is 30.3 Å². The Morgan fingerprint density at radius 3 is 2.55 bits per heavy atom. The first-order chi connectivity index (χ1) is 10.3. The summed E-state index contributed by atoms with van der Waals surface area (Å²) < 4.78 is 0. The molecule has 5 nitrogen and oxygen atoms in total. The number of unbranched alkanes of at least 4 members (excludes halogenated alkanes) is 1. The summed E-state index contributed by atoms with van der Waals surface area (Å²) in [7, 11) is 1.70. The smallest absolute Gasteiger partial charge is 0.239 e. The fraction of sp³-hybridized carbons (Fsp3) is 0.471. The maximum atomic E-state index is 12.5. The molecule has 0 atom stereocenters. The van der Waals surface area contributed by atoms with Crippen LogP contribution in [0, 0.1) is 16.7 Å². The summed E-state index contributed by atoms with van der Waals surface area (Å²) in [6.07, 6.45) is 1.89. The number of rotatable bonds is 6. The van der Waals surface area contributed by atoms with Gasteiger partial charge < -0.3 is 10.2 Å². The molecule has 0 bridgehead atoms. The van der Waals surface area contributed by atoms with E-state index in [0.717, 1.165) is 12.8 Å². The van der Waals surface area contributed by atoms with E-state index in [1.165, 1.54) is 0 Å². The summed E-state index contributed by atoms with van der Waals surface area (Å²) in [5.41, 5.74) is -0.393. The van der Waals surface area contributed by atoms with Crippen molar-refractivity contribution in [3.05, 3.63) is 29.8 Å². The average molecular weight is 301 g/mol. The highest BCUT2D eigenvalue weighted by Gasteiger charge is 2.38. The van der Waals surface area contributed by atoms with Gasteiger partial charge in [-0.2, -0.15) is 5.26 Å². The zero-order chi connectivity index (χ0) is 16.8. The van der Waals surface area contributed by atoms with Gasteiger partial charge in [-0.05, 0) is 32.4 Å². The van der Waals surface area contributed by atoms with Gasteiger partial charge in [0.1, 0.15) is 11.5 Å². The molecule has 1 N–H and O–H groups in total. The molecular formula is C17H23N3O2. The Hall–Kier alpha value is -2.35. The van der Waals surface area contributed by atoms with Gasteiger partial charge >= 0.3 is 0 Å². The van der Waals surface area contributed by atoms with Gasteiger partial charge in [0.2, 0.25) is 11.8 Å². The molecule has 1 rings (SSSR count). The fourth-order valence-corrected chi connectivity index (χ4v) is 2.04. The molecule has 118 valence electrons. The number of nitrogens with one attached hydrogen (secondary N) is 1. The molecule has 2 amide bonds. The molecule has 0 aliphatic heterocycles. The summed E-state index contributed by atoms with van der Waals surface area (Å²) in [5.74, 6) is -0.642. The highest BCUT2D eigenvalue weighted by molar-refractivity contribution is 6.10. The number of benzene rings is 1. The second kappa shape index (κ2) is 7.60. The lowest BCUT2D eigenvalue weighted by Gasteiger charge is -2.28. The van der Waals surface area contributed by atoms with Crippen molar-refractivity contribution in [3.8, 4) is 6.07 Å². The normalized spacial score (nSPS) is 10.7. The summed E-state index contributed by atoms with van der Waals surface area (Å²) in [5, 5.41) is 11.7. The highest BCUT2D eigenvalue weighted by Crippen LogP contribution is 2.23. The number of nitrogens with zero attached hydrogens (tertiary/aromatic N) is 2. The first-order valence-electron chi connectivity index (χ1n) is 7.40. The van der Waals surface area contributed by atoms with Crippen molar-refractivity contribution in [1.82, 2.24) is 4.90 Å². The van der Waals surface area contributed by atoms with Gasteiger partial charge in [-0.3, -0.25) is 9.59 Å². The Morgan fingerprint density at radius 1 is 1.32 bits per heavy atom. The molecule has 0 aliphatic carbocycles. The van der Waals surface area contributed by atoms with Gasteiger partial charge in [0.15, 0.2) is 0 Å². The largest absolute Gasteiger partial charge is 0.345 e. The van der Waals surface area contributed by atoms with Crippen molar-refractivity contribution in [2.45, 2.75) is 33.6 Å². The summed E-state index contributed by atoms with van der Waals surface area (Å²) in [6, 6.07) is 8.76. The monoisotopic (exact) mass is 301 g/mol. The lowest BCUT2D eigenvalue weighted by atomic mass is 9.90. The van der Waals surface area contributed by atoms with E-state index in [1.54, 1.807) is 50.1 Å². The van der Waals surface area contributed by atoms with Crippen molar-refractivity contribution in [3.63, 3.8) is 0 Å². The van der Waals surface area contributed by atoms with Crippen LogP contribution < -0.4 is 5.32 Å². The second-order valence-electron chi connectivity index (χ2n) is 5.82. The molecule has 5 heteroatoms. The number of anilines is 1. The van der Waals surface area contributed by atoms with Gasteiger partial charge in [-0.1, -0.05) is 25.5 Å². The number of nitriles is 1. The van der Waals surface area contributed by atoms with Crippen LogP contribution in [0.15, 0.2) is 24.3 Å². The van der Waals surface area contributed by atoms with Crippen molar-refractivity contribution in [2.24, 2.45) is 5.41 Å². The molecule has 1 aromatic rings. The number of carbonyl (C=O) groups excluding carboxylic acids is 2. The number of hydrogen-bond acceptors (Lipinski definition) is 3. The third-order valence-electron chi connectivity index (χ3n) is 3.59. The summed E-state index contributed by atoms with van der Waals surface area (Å²) >= 11 is 0. The Balaban J connectivity index is 2.86. The zero-order valence-electron chi connectivity index (χ0n) is 13.6. The number of carbonyl (C=O) groups is 2. The van der Waals surface area contributed by atoms with Gasteiger partial charge in [-0.25, -0.2) is 0 Å². The lowest BCUT2D eigenvalue weighted by Crippen LogP contribution is -2.46. The predicted octanol–water partition coefficient (Wildman–Crippen LogP) is 2.78. The second-order valence-corrected chi connectivity index (χ2v) is 5.82. The van der Waals surface area contributed by atoms with Crippen LogP contribution in [0.1, 0.15) is 39.2 Å². The van der Waals surface area contributed by atoms with Crippen molar-refractivity contribution >= 4 is 17.5 Å². The molecule has 0 saturated carbocycles. The van der Waals surface area contributed by atoms with Crippen molar-refractivity contribution < 1.29 is 9.59 Å². The van der Waals surface area contributed by atoms with Gasteiger partial charge in [0.25, 0.3) is 0 Å². The van der Waals surface area contributed by atoms with E-state index in [4.69, 9.17) is 5.26 Å². The Labute approximate surface area is 131 Å². The Kier molecular flexibility index (Phi) is 6.11. The molecule has 0 unspecified atom stereocenters. The highest BCUT2D eigenvalue weighted by atomic mass is 16.2. The molecule has 0 aliphatic rings. The molecule has 0 aromatic heterocycles. The minimum atomic E-state index is -1.19. The molecule has 0 radical (unpaired) electrons. The minimum Gasteiger partial charge on any atom is -0.345 e. The van der Waals surface area contributed by atoms with Gasteiger partial charge in [0.05, 0.1) is 11.3 Å². The number of hydrogen-bond donors (Lipinski definition) is 1. The van der Waals surface area contributed by atoms with Crippen LogP contribution in [0.4, 0.5) is 5.69 Å². The van der Waals surface area contributed by atoms with E-state index in [2.05, 4.69) is 12.2 Å². The minimum absolute atomic E-state index is 0.229. The number of amides is 2. The van der Waals surface area contributed by atoms with E-state index in [1.807, 2.05) is 6.07 Å². The summed E-state index contributed by atoms with van der Waals surface area (Å²) in [4.78, 5) is 26.5. The SMILES string of the molecule is CCCCN(C)C(=O)C(C)(C)C(=O)Nc1ccccc1C#N. The third kappa shape index (κ3) is 4.08. The van der Waals surface area contributed by atoms with E-state index >= 15 is 0 Å². The fourth-order valence-electron chi connectivity index (χ4n) is 2.04.